The second-order valence-electron chi connectivity index (χ2n) is 10.1. The minimum Gasteiger partial charge on any atom is -0.352 e. The first kappa shape index (κ1) is 28.3. The third-order valence-corrected chi connectivity index (χ3v) is 8.45. The molecular formula is C32H37ClN2O2S. The summed E-state index contributed by atoms with van der Waals surface area (Å²) in [7, 11) is 0. The second-order valence-corrected chi connectivity index (χ2v) is 11.5. The molecule has 0 aromatic heterocycles. The maximum atomic E-state index is 13.8. The lowest BCUT2D eigenvalue weighted by Crippen LogP contribution is -2.53. The van der Waals surface area contributed by atoms with Gasteiger partial charge in [-0.05, 0) is 54.2 Å². The molecule has 0 radical (unpaired) electrons. The van der Waals surface area contributed by atoms with Crippen molar-refractivity contribution < 1.29 is 9.59 Å². The summed E-state index contributed by atoms with van der Waals surface area (Å²) in [6, 6.07) is 25.4. The van der Waals surface area contributed by atoms with Crippen LogP contribution >= 0.6 is 23.4 Å². The fourth-order valence-electron chi connectivity index (χ4n) is 4.99. The van der Waals surface area contributed by atoms with Crippen molar-refractivity contribution in [2.45, 2.75) is 69.8 Å². The number of hydrogen-bond acceptors (Lipinski definition) is 3. The van der Waals surface area contributed by atoms with E-state index in [1.807, 2.05) is 66.7 Å². The highest BCUT2D eigenvalue weighted by atomic mass is 35.5. The van der Waals surface area contributed by atoms with Crippen LogP contribution in [0.5, 0.6) is 0 Å². The summed E-state index contributed by atoms with van der Waals surface area (Å²) in [5.41, 5.74) is 4.44. The number of nitrogens with zero attached hydrogens (tertiary/aromatic N) is 1. The van der Waals surface area contributed by atoms with Crippen LogP contribution < -0.4 is 5.32 Å². The Bertz CT molecular complexity index is 1180. The molecule has 4 nitrogen and oxygen atoms in total. The zero-order chi connectivity index (χ0) is 26.7. The van der Waals surface area contributed by atoms with E-state index < -0.39 is 6.04 Å². The van der Waals surface area contributed by atoms with Gasteiger partial charge < -0.3 is 10.2 Å². The molecule has 1 fully saturated rings. The van der Waals surface area contributed by atoms with Gasteiger partial charge >= 0.3 is 0 Å². The number of benzene rings is 3. The molecule has 0 unspecified atom stereocenters. The van der Waals surface area contributed by atoms with E-state index in [4.69, 9.17) is 11.6 Å². The summed E-state index contributed by atoms with van der Waals surface area (Å²) < 4.78 is 0. The second kappa shape index (κ2) is 14.4. The van der Waals surface area contributed by atoms with Gasteiger partial charge in [-0.2, -0.15) is 0 Å². The number of halogens is 1. The number of rotatable bonds is 11. The van der Waals surface area contributed by atoms with Crippen molar-refractivity contribution in [3.8, 4) is 0 Å². The maximum absolute atomic E-state index is 13.8. The summed E-state index contributed by atoms with van der Waals surface area (Å²) in [6.45, 7) is 2.45. The number of aryl methyl sites for hydroxylation is 1. The predicted octanol–water partition coefficient (Wildman–Crippen LogP) is 6.97. The molecule has 0 saturated heterocycles. The largest absolute Gasteiger partial charge is 0.352 e. The molecule has 6 heteroatoms. The third kappa shape index (κ3) is 8.37. The van der Waals surface area contributed by atoms with Crippen LogP contribution in [0.3, 0.4) is 0 Å². The first-order valence-corrected chi connectivity index (χ1v) is 15.0. The molecule has 1 N–H and O–H groups in total. The first-order chi connectivity index (χ1) is 18.5. The molecule has 1 aliphatic carbocycles. The zero-order valence-corrected chi connectivity index (χ0v) is 23.6. The highest BCUT2D eigenvalue weighted by Crippen LogP contribution is 2.22. The Kier molecular flexibility index (Phi) is 10.7. The molecule has 1 aliphatic rings. The monoisotopic (exact) mass is 548 g/mol. The van der Waals surface area contributed by atoms with Gasteiger partial charge in [0.2, 0.25) is 11.8 Å². The van der Waals surface area contributed by atoms with Crippen molar-refractivity contribution in [2.24, 2.45) is 0 Å². The van der Waals surface area contributed by atoms with Crippen molar-refractivity contribution in [3.05, 3.63) is 106 Å². The minimum atomic E-state index is -0.596. The van der Waals surface area contributed by atoms with E-state index in [0.717, 1.165) is 42.6 Å². The van der Waals surface area contributed by atoms with Gasteiger partial charge in [0.1, 0.15) is 6.04 Å². The molecule has 3 aromatic carbocycles. The molecular weight excluding hydrogens is 512 g/mol. The molecule has 4 rings (SSSR count). The van der Waals surface area contributed by atoms with Crippen LogP contribution in [0, 0.1) is 6.92 Å². The molecule has 200 valence electrons. The SMILES string of the molecule is Cc1ccccc1CSCC(=O)N(Cc1ccc(Cl)cc1)[C@@H](Cc1ccccc1)C(=O)NC1CCCCC1. The van der Waals surface area contributed by atoms with E-state index >= 15 is 0 Å². The summed E-state index contributed by atoms with van der Waals surface area (Å²) in [4.78, 5) is 29.4. The molecule has 3 aromatic rings. The average Bonchev–Trinajstić information content (AvgIpc) is 2.94. The normalized spacial score (nSPS) is 14.6. The highest BCUT2D eigenvalue weighted by Gasteiger charge is 2.31. The number of hydrogen-bond donors (Lipinski definition) is 1. The van der Waals surface area contributed by atoms with Gasteiger partial charge in [0, 0.05) is 29.8 Å². The Morgan fingerprint density at radius 2 is 1.61 bits per heavy atom. The van der Waals surface area contributed by atoms with Crippen LogP contribution in [0.1, 0.15) is 54.4 Å². The first-order valence-electron chi connectivity index (χ1n) is 13.5. The summed E-state index contributed by atoms with van der Waals surface area (Å²) in [5, 5.41) is 3.95. The Hall–Kier alpha value is -2.76. The molecule has 0 bridgehead atoms. The van der Waals surface area contributed by atoms with Gasteiger partial charge in [0.05, 0.1) is 5.75 Å². The van der Waals surface area contributed by atoms with Crippen molar-refractivity contribution in [1.29, 1.82) is 0 Å². The van der Waals surface area contributed by atoms with Crippen molar-refractivity contribution in [2.75, 3.05) is 5.75 Å². The van der Waals surface area contributed by atoms with Crippen molar-refractivity contribution in [1.82, 2.24) is 10.2 Å². The van der Waals surface area contributed by atoms with Gasteiger partial charge in [0.15, 0.2) is 0 Å². The van der Waals surface area contributed by atoms with E-state index in [1.165, 1.54) is 17.5 Å². The maximum Gasteiger partial charge on any atom is 0.243 e. The van der Waals surface area contributed by atoms with Crippen LogP contribution in [0.25, 0.3) is 0 Å². The van der Waals surface area contributed by atoms with Crippen molar-refractivity contribution in [3.63, 3.8) is 0 Å². The molecule has 0 heterocycles. The van der Waals surface area contributed by atoms with E-state index in [0.29, 0.717) is 23.7 Å². The highest BCUT2D eigenvalue weighted by molar-refractivity contribution is 7.99. The smallest absolute Gasteiger partial charge is 0.243 e. The number of carbonyl (C=O) groups excluding carboxylic acids is 2. The summed E-state index contributed by atoms with van der Waals surface area (Å²) >= 11 is 7.73. The van der Waals surface area contributed by atoms with E-state index in [2.05, 4.69) is 24.4 Å². The van der Waals surface area contributed by atoms with Crippen LogP contribution in [-0.2, 0) is 28.3 Å². The molecule has 1 saturated carbocycles. The Morgan fingerprint density at radius 3 is 2.32 bits per heavy atom. The molecule has 1 atom stereocenters. The number of nitrogens with one attached hydrogen (secondary N) is 1. The Morgan fingerprint density at radius 1 is 0.921 bits per heavy atom. The molecule has 0 spiro atoms. The average molecular weight is 549 g/mol. The third-order valence-electron chi connectivity index (χ3n) is 7.23. The van der Waals surface area contributed by atoms with E-state index in [1.54, 1.807) is 16.7 Å². The standard InChI is InChI=1S/C32H37ClN2O2S/c1-24-10-8-9-13-27(24)22-38-23-31(36)35(21-26-16-18-28(33)19-17-26)30(20-25-11-4-2-5-12-25)32(37)34-29-14-6-3-7-15-29/h2,4-5,8-13,16-19,29-30H,3,6-7,14-15,20-23H2,1H3,(H,34,37)/t30-/m0/s1. The van der Waals surface area contributed by atoms with E-state index in [9.17, 15) is 9.59 Å². The fourth-order valence-corrected chi connectivity index (χ4v) is 6.10. The quantitative estimate of drug-likeness (QED) is 0.281. The fraction of sp³-hybridized carbons (Fsp3) is 0.375. The zero-order valence-electron chi connectivity index (χ0n) is 22.1. The van der Waals surface area contributed by atoms with Crippen LogP contribution in [0.15, 0.2) is 78.9 Å². The van der Waals surface area contributed by atoms with Crippen LogP contribution in [0.2, 0.25) is 5.02 Å². The van der Waals surface area contributed by atoms with Gasteiger partial charge in [-0.15, -0.1) is 11.8 Å². The Labute approximate surface area is 236 Å². The molecule has 0 aliphatic heterocycles. The van der Waals surface area contributed by atoms with Gasteiger partial charge in [-0.1, -0.05) is 97.6 Å². The predicted molar refractivity (Wildman–Crippen MR) is 158 cm³/mol. The van der Waals surface area contributed by atoms with Gasteiger partial charge in [0.25, 0.3) is 0 Å². The van der Waals surface area contributed by atoms with Crippen LogP contribution in [-0.4, -0.2) is 34.6 Å². The number of thioether (sulfide) groups is 1. The number of amides is 2. The Balaban J connectivity index is 1.56. The minimum absolute atomic E-state index is 0.0294. The lowest BCUT2D eigenvalue weighted by atomic mass is 9.94. The van der Waals surface area contributed by atoms with E-state index in [-0.39, 0.29) is 17.9 Å². The lowest BCUT2D eigenvalue weighted by Gasteiger charge is -2.33. The number of carbonyl (C=O) groups is 2. The lowest BCUT2D eigenvalue weighted by molar-refractivity contribution is -0.139. The van der Waals surface area contributed by atoms with Crippen LogP contribution in [0.4, 0.5) is 0 Å². The van der Waals surface area contributed by atoms with Crippen molar-refractivity contribution >= 4 is 35.2 Å². The molecule has 2 amide bonds. The topological polar surface area (TPSA) is 49.4 Å². The van der Waals surface area contributed by atoms with Gasteiger partial charge in [-0.3, -0.25) is 9.59 Å². The summed E-state index contributed by atoms with van der Waals surface area (Å²) in [6.07, 6.45) is 5.97. The van der Waals surface area contributed by atoms with Gasteiger partial charge in [-0.25, -0.2) is 0 Å². The molecule has 38 heavy (non-hydrogen) atoms. The summed E-state index contributed by atoms with van der Waals surface area (Å²) in [5.74, 6) is 0.972.